The van der Waals surface area contributed by atoms with Gasteiger partial charge in [0.25, 0.3) is 0 Å². The molecule has 3 rings (SSSR count). The second kappa shape index (κ2) is 11.0. The van der Waals surface area contributed by atoms with E-state index in [0.29, 0.717) is 24.1 Å². The largest absolute Gasteiger partial charge is 0.493 e. The molecule has 0 aliphatic carbocycles. The zero-order valence-corrected chi connectivity index (χ0v) is 17.4. The van der Waals surface area contributed by atoms with Gasteiger partial charge in [-0.2, -0.15) is 0 Å². The lowest BCUT2D eigenvalue weighted by molar-refractivity contribution is 0.0388. The van der Waals surface area contributed by atoms with E-state index in [-0.39, 0.29) is 6.61 Å². The van der Waals surface area contributed by atoms with Crippen LogP contribution in [0.4, 0.5) is 0 Å². The fourth-order valence-corrected chi connectivity index (χ4v) is 4.17. The Labute approximate surface area is 169 Å². The topological polar surface area (TPSA) is 54.4 Å². The van der Waals surface area contributed by atoms with Crippen LogP contribution in [0.2, 0.25) is 0 Å². The molecule has 28 heavy (non-hydrogen) atoms. The number of hydrogen-bond acceptors (Lipinski definition) is 6. The van der Waals surface area contributed by atoms with Gasteiger partial charge in [-0.25, -0.2) is 0 Å². The van der Waals surface area contributed by atoms with E-state index >= 15 is 0 Å². The zero-order valence-electron chi connectivity index (χ0n) is 17.4. The van der Waals surface area contributed by atoms with Crippen molar-refractivity contribution in [3.8, 4) is 11.5 Å². The number of nitrogens with zero attached hydrogens (tertiary/aromatic N) is 2. The number of likely N-dealkylation sites (tertiary alicyclic amines) is 2. The van der Waals surface area contributed by atoms with Gasteiger partial charge in [-0.1, -0.05) is 12.5 Å². The molecule has 6 heteroatoms. The van der Waals surface area contributed by atoms with Crippen LogP contribution in [-0.2, 0) is 11.3 Å². The van der Waals surface area contributed by atoms with Gasteiger partial charge in [0, 0.05) is 33.3 Å². The molecule has 158 valence electrons. The maximum absolute atomic E-state index is 10.4. The summed E-state index contributed by atoms with van der Waals surface area (Å²) in [4.78, 5) is 4.78. The van der Waals surface area contributed by atoms with Crippen molar-refractivity contribution in [2.75, 3.05) is 53.6 Å². The van der Waals surface area contributed by atoms with E-state index in [0.717, 1.165) is 45.6 Å². The normalized spacial score (nSPS) is 20.8. The third kappa shape index (κ3) is 6.34. The first-order valence-corrected chi connectivity index (χ1v) is 10.6. The van der Waals surface area contributed by atoms with E-state index in [4.69, 9.17) is 14.2 Å². The Bertz CT molecular complexity index is 584. The average molecular weight is 393 g/mol. The van der Waals surface area contributed by atoms with Crippen molar-refractivity contribution >= 4 is 0 Å². The van der Waals surface area contributed by atoms with Gasteiger partial charge in [0.1, 0.15) is 12.7 Å². The van der Waals surface area contributed by atoms with Gasteiger partial charge in [0.15, 0.2) is 11.5 Å². The standard InChI is InChI=1S/C22H36N2O4/c1-26-20-8-12-24(13-9-20)15-18-6-7-21(27-2)22(14-18)28-17-19(25)16-23-10-4-3-5-11-23/h6-7,14,19-20,25H,3-5,8-13,15-17H2,1-2H3/t19-/m1/s1. The van der Waals surface area contributed by atoms with Crippen molar-refractivity contribution < 1.29 is 19.3 Å². The Morgan fingerprint density at radius 2 is 1.75 bits per heavy atom. The summed E-state index contributed by atoms with van der Waals surface area (Å²) >= 11 is 0. The summed E-state index contributed by atoms with van der Waals surface area (Å²) in [5, 5.41) is 10.4. The summed E-state index contributed by atoms with van der Waals surface area (Å²) in [5.74, 6) is 1.43. The third-order valence-corrected chi connectivity index (χ3v) is 5.85. The number of hydrogen-bond donors (Lipinski definition) is 1. The molecule has 0 radical (unpaired) electrons. The first-order chi connectivity index (χ1) is 13.7. The van der Waals surface area contributed by atoms with Crippen molar-refractivity contribution in [2.24, 2.45) is 0 Å². The van der Waals surface area contributed by atoms with E-state index in [2.05, 4.69) is 21.9 Å². The number of methoxy groups -OCH3 is 2. The predicted octanol–water partition coefficient (Wildman–Crippen LogP) is 2.53. The van der Waals surface area contributed by atoms with E-state index in [1.165, 1.54) is 24.8 Å². The summed E-state index contributed by atoms with van der Waals surface area (Å²) in [6.07, 6.45) is 5.83. The number of rotatable bonds is 9. The molecular weight excluding hydrogens is 356 g/mol. The van der Waals surface area contributed by atoms with Gasteiger partial charge in [-0.3, -0.25) is 4.90 Å². The molecule has 0 saturated carbocycles. The van der Waals surface area contributed by atoms with Crippen LogP contribution in [0.25, 0.3) is 0 Å². The molecule has 1 aromatic rings. The van der Waals surface area contributed by atoms with Crippen molar-refractivity contribution in [3.05, 3.63) is 23.8 Å². The smallest absolute Gasteiger partial charge is 0.161 e. The maximum Gasteiger partial charge on any atom is 0.161 e. The lowest BCUT2D eigenvalue weighted by Gasteiger charge is -2.31. The summed E-state index contributed by atoms with van der Waals surface area (Å²) < 4.78 is 16.9. The second-order valence-corrected chi connectivity index (χ2v) is 8.02. The van der Waals surface area contributed by atoms with Crippen LogP contribution in [-0.4, -0.2) is 80.7 Å². The molecule has 0 spiro atoms. The quantitative estimate of drug-likeness (QED) is 0.697. The van der Waals surface area contributed by atoms with Crippen LogP contribution in [0, 0.1) is 0 Å². The van der Waals surface area contributed by atoms with Crippen LogP contribution < -0.4 is 9.47 Å². The van der Waals surface area contributed by atoms with Crippen LogP contribution in [0.15, 0.2) is 18.2 Å². The van der Waals surface area contributed by atoms with Crippen LogP contribution >= 0.6 is 0 Å². The van der Waals surface area contributed by atoms with Crippen LogP contribution in [0.3, 0.4) is 0 Å². The molecular formula is C22H36N2O4. The molecule has 1 aromatic carbocycles. The molecule has 0 amide bonds. The Kier molecular flexibility index (Phi) is 8.40. The van der Waals surface area contributed by atoms with Gasteiger partial charge in [-0.15, -0.1) is 0 Å². The molecule has 2 aliphatic heterocycles. The fourth-order valence-electron chi connectivity index (χ4n) is 4.17. The van der Waals surface area contributed by atoms with E-state index in [1.807, 2.05) is 6.07 Å². The predicted molar refractivity (Wildman–Crippen MR) is 110 cm³/mol. The Morgan fingerprint density at radius 3 is 2.43 bits per heavy atom. The lowest BCUT2D eigenvalue weighted by atomic mass is 10.1. The first kappa shape index (κ1) is 21.4. The van der Waals surface area contributed by atoms with Crippen molar-refractivity contribution in [1.82, 2.24) is 9.80 Å². The molecule has 0 bridgehead atoms. The van der Waals surface area contributed by atoms with E-state index in [1.54, 1.807) is 14.2 Å². The van der Waals surface area contributed by atoms with Crippen molar-refractivity contribution in [1.29, 1.82) is 0 Å². The van der Waals surface area contributed by atoms with Gasteiger partial charge >= 0.3 is 0 Å². The molecule has 2 aliphatic rings. The molecule has 0 unspecified atom stereocenters. The summed E-state index contributed by atoms with van der Waals surface area (Å²) in [6.45, 7) is 6.12. The third-order valence-electron chi connectivity index (χ3n) is 5.85. The van der Waals surface area contributed by atoms with Crippen molar-refractivity contribution in [2.45, 2.75) is 50.9 Å². The van der Waals surface area contributed by atoms with Crippen LogP contribution in [0.1, 0.15) is 37.7 Å². The fraction of sp³-hybridized carbons (Fsp3) is 0.727. The monoisotopic (exact) mass is 392 g/mol. The second-order valence-electron chi connectivity index (χ2n) is 8.02. The number of ether oxygens (including phenoxy) is 3. The van der Waals surface area contributed by atoms with Gasteiger partial charge in [0.05, 0.1) is 13.2 Å². The van der Waals surface area contributed by atoms with Gasteiger partial charge < -0.3 is 24.2 Å². The molecule has 6 nitrogen and oxygen atoms in total. The Morgan fingerprint density at radius 1 is 1.00 bits per heavy atom. The van der Waals surface area contributed by atoms with Gasteiger partial charge in [-0.05, 0) is 56.5 Å². The molecule has 2 saturated heterocycles. The molecule has 2 fully saturated rings. The number of piperidine rings is 2. The van der Waals surface area contributed by atoms with Crippen molar-refractivity contribution in [3.63, 3.8) is 0 Å². The Hall–Kier alpha value is -1.34. The summed E-state index contributed by atoms with van der Waals surface area (Å²) in [5.41, 5.74) is 1.21. The Balaban J connectivity index is 1.52. The average Bonchev–Trinajstić information content (AvgIpc) is 2.73. The number of aliphatic hydroxyl groups is 1. The maximum atomic E-state index is 10.4. The van der Waals surface area contributed by atoms with E-state index in [9.17, 15) is 5.11 Å². The molecule has 2 heterocycles. The highest BCUT2D eigenvalue weighted by Crippen LogP contribution is 2.29. The summed E-state index contributed by atoms with van der Waals surface area (Å²) in [7, 11) is 3.45. The first-order valence-electron chi connectivity index (χ1n) is 10.6. The highest BCUT2D eigenvalue weighted by molar-refractivity contribution is 5.43. The lowest BCUT2D eigenvalue weighted by Crippen LogP contribution is -2.38. The van der Waals surface area contributed by atoms with Gasteiger partial charge in [0.2, 0.25) is 0 Å². The molecule has 0 aromatic heterocycles. The minimum atomic E-state index is -0.487. The summed E-state index contributed by atoms with van der Waals surface area (Å²) in [6, 6.07) is 6.11. The SMILES string of the molecule is COc1ccc(CN2CCC(OC)CC2)cc1OC[C@H](O)CN1CCCCC1. The van der Waals surface area contributed by atoms with E-state index < -0.39 is 6.10 Å². The van der Waals surface area contributed by atoms with Crippen LogP contribution in [0.5, 0.6) is 11.5 Å². The number of aliphatic hydroxyl groups excluding tert-OH is 1. The zero-order chi connectivity index (χ0) is 19.8. The molecule has 1 N–H and O–H groups in total. The number of benzene rings is 1. The highest BCUT2D eigenvalue weighted by atomic mass is 16.5. The minimum Gasteiger partial charge on any atom is -0.493 e. The minimum absolute atomic E-state index is 0.287. The molecule has 1 atom stereocenters. The number of β-amino-alcohol motifs (C(OH)–C–C–N with tert-alkyl or cyclic N) is 1. The highest BCUT2D eigenvalue weighted by Gasteiger charge is 2.20.